The van der Waals surface area contributed by atoms with E-state index in [1.807, 2.05) is 24.3 Å². The van der Waals surface area contributed by atoms with E-state index in [0.717, 1.165) is 3.57 Å². The van der Waals surface area contributed by atoms with Crippen LogP contribution in [0.3, 0.4) is 0 Å². The zero-order valence-corrected chi connectivity index (χ0v) is 11.9. The van der Waals surface area contributed by atoms with Gasteiger partial charge in [-0.1, -0.05) is 12.1 Å². The Balaban J connectivity index is 2.22. The Morgan fingerprint density at radius 1 is 1.17 bits per heavy atom. The molecule has 0 spiro atoms. The lowest BCUT2D eigenvalue weighted by Crippen LogP contribution is -2.12. The number of benzene rings is 2. The van der Waals surface area contributed by atoms with Gasteiger partial charge >= 0.3 is 0 Å². The largest absolute Gasteiger partial charge is 0.507 e. The van der Waals surface area contributed by atoms with Crippen molar-refractivity contribution in [3.05, 3.63) is 57.2 Å². The zero-order chi connectivity index (χ0) is 13.1. The Hall–Kier alpha value is -1.56. The van der Waals surface area contributed by atoms with Crippen molar-refractivity contribution in [3.63, 3.8) is 0 Å². The fourth-order valence-electron chi connectivity index (χ4n) is 1.57. The number of aryl methyl sites for hydroxylation is 1. The van der Waals surface area contributed by atoms with Crippen LogP contribution in [-0.2, 0) is 0 Å². The van der Waals surface area contributed by atoms with Crippen LogP contribution >= 0.6 is 22.6 Å². The van der Waals surface area contributed by atoms with Gasteiger partial charge in [0, 0.05) is 9.26 Å². The van der Waals surface area contributed by atoms with Gasteiger partial charge in [0.1, 0.15) is 5.75 Å². The molecule has 0 atom stereocenters. The first-order valence-corrected chi connectivity index (χ1v) is 6.51. The molecule has 0 saturated heterocycles. The lowest BCUT2D eigenvalue weighted by Gasteiger charge is -2.08. The number of amides is 1. The van der Waals surface area contributed by atoms with E-state index < -0.39 is 0 Å². The van der Waals surface area contributed by atoms with Gasteiger partial charge in [-0.15, -0.1) is 0 Å². The average Bonchev–Trinajstić information content (AvgIpc) is 2.35. The maximum absolute atomic E-state index is 12.0. The van der Waals surface area contributed by atoms with Crippen LogP contribution < -0.4 is 5.32 Å². The number of carbonyl (C=O) groups excluding carboxylic acids is 1. The van der Waals surface area contributed by atoms with E-state index in [-0.39, 0.29) is 17.2 Å². The van der Waals surface area contributed by atoms with Crippen molar-refractivity contribution in [1.29, 1.82) is 0 Å². The molecule has 18 heavy (non-hydrogen) atoms. The second kappa shape index (κ2) is 5.39. The number of nitrogens with one attached hydrogen (secondary N) is 1. The highest BCUT2D eigenvalue weighted by Gasteiger charge is 2.12. The molecule has 1 amide bonds. The topological polar surface area (TPSA) is 49.3 Å². The zero-order valence-electron chi connectivity index (χ0n) is 9.77. The van der Waals surface area contributed by atoms with Gasteiger partial charge in [-0.25, -0.2) is 0 Å². The Morgan fingerprint density at radius 2 is 1.83 bits per heavy atom. The number of anilines is 1. The molecule has 2 N–H and O–H groups in total. The summed E-state index contributed by atoms with van der Waals surface area (Å²) >= 11 is 2.20. The number of aromatic hydroxyl groups is 1. The molecule has 2 rings (SSSR count). The molecule has 0 aliphatic rings. The normalized spacial score (nSPS) is 10.1. The first-order chi connectivity index (χ1) is 8.58. The highest BCUT2D eigenvalue weighted by atomic mass is 127. The highest BCUT2D eigenvalue weighted by Crippen LogP contribution is 2.22. The monoisotopic (exact) mass is 353 g/mol. The second-order valence-electron chi connectivity index (χ2n) is 3.93. The molecular formula is C14H12INO2. The minimum atomic E-state index is -0.308. The van der Waals surface area contributed by atoms with Gasteiger partial charge in [-0.05, 0) is 65.4 Å². The number of phenols is 1. The van der Waals surface area contributed by atoms with Crippen molar-refractivity contribution >= 4 is 34.2 Å². The van der Waals surface area contributed by atoms with Crippen molar-refractivity contribution in [2.24, 2.45) is 0 Å². The van der Waals surface area contributed by atoms with E-state index in [2.05, 4.69) is 27.9 Å². The molecule has 2 aromatic carbocycles. The summed E-state index contributed by atoms with van der Waals surface area (Å²) in [6.45, 7) is 1.76. The number of hydrogen-bond donors (Lipinski definition) is 2. The first kappa shape index (κ1) is 12.9. The summed E-state index contributed by atoms with van der Waals surface area (Å²) in [5, 5.41) is 12.6. The minimum Gasteiger partial charge on any atom is -0.507 e. The SMILES string of the molecule is Cc1cccc(C(=O)Nc2ccc(I)cc2)c1O. The number of halogens is 1. The summed E-state index contributed by atoms with van der Waals surface area (Å²) < 4.78 is 1.10. The minimum absolute atomic E-state index is 0.0283. The quantitative estimate of drug-likeness (QED) is 0.812. The fraction of sp³-hybridized carbons (Fsp3) is 0.0714. The standard InChI is InChI=1S/C14H12INO2/c1-9-3-2-4-12(13(9)17)14(18)16-11-7-5-10(15)6-8-11/h2-8,17H,1H3,(H,16,18). The molecule has 2 aromatic rings. The number of rotatable bonds is 2. The molecule has 0 heterocycles. The van der Waals surface area contributed by atoms with E-state index in [4.69, 9.17) is 0 Å². The summed E-state index contributed by atoms with van der Waals surface area (Å²) in [5.41, 5.74) is 1.68. The van der Waals surface area contributed by atoms with Gasteiger partial charge in [-0.3, -0.25) is 4.79 Å². The van der Waals surface area contributed by atoms with Gasteiger partial charge < -0.3 is 10.4 Å². The highest BCUT2D eigenvalue weighted by molar-refractivity contribution is 14.1. The molecule has 0 bridgehead atoms. The summed E-state index contributed by atoms with van der Waals surface area (Å²) in [6.07, 6.45) is 0. The molecule has 0 radical (unpaired) electrons. The fourth-order valence-corrected chi connectivity index (χ4v) is 1.93. The Bertz CT molecular complexity index is 579. The van der Waals surface area contributed by atoms with Gasteiger partial charge in [0.15, 0.2) is 0 Å². The molecule has 4 heteroatoms. The summed E-state index contributed by atoms with van der Waals surface area (Å²) in [5.74, 6) is -0.280. The van der Waals surface area contributed by atoms with Crippen molar-refractivity contribution in [1.82, 2.24) is 0 Å². The molecular weight excluding hydrogens is 341 g/mol. The Kier molecular flexibility index (Phi) is 3.86. The first-order valence-electron chi connectivity index (χ1n) is 5.43. The van der Waals surface area contributed by atoms with Crippen LogP contribution in [0, 0.1) is 10.5 Å². The lowest BCUT2D eigenvalue weighted by molar-refractivity contribution is 0.102. The van der Waals surface area contributed by atoms with Crippen molar-refractivity contribution < 1.29 is 9.90 Å². The molecule has 92 valence electrons. The number of phenolic OH excluding ortho intramolecular Hbond substituents is 1. The third kappa shape index (κ3) is 2.81. The van der Waals surface area contributed by atoms with Crippen molar-refractivity contribution in [2.45, 2.75) is 6.92 Å². The van der Waals surface area contributed by atoms with Gasteiger partial charge in [-0.2, -0.15) is 0 Å². The van der Waals surface area contributed by atoms with E-state index in [1.165, 1.54) is 0 Å². The summed E-state index contributed by atoms with van der Waals surface area (Å²) in [4.78, 5) is 12.0. The van der Waals surface area contributed by atoms with Crippen LogP contribution in [0.25, 0.3) is 0 Å². The number of carbonyl (C=O) groups is 1. The van der Waals surface area contributed by atoms with E-state index in [1.54, 1.807) is 25.1 Å². The number of hydrogen-bond acceptors (Lipinski definition) is 2. The van der Waals surface area contributed by atoms with Crippen molar-refractivity contribution in [2.75, 3.05) is 5.32 Å². The van der Waals surface area contributed by atoms with Crippen LogP contribution in [0.5, 0.6) is 5.75 Å². The second-order valence-corrected chi connectivity index (χ2v) is 5.18. The van der Waals surface area contributed by atoms with Crippen LogP contribution in [0.2, 0.25) is 0 Å². The van der Waals surface area contributed by atoms with Gasteiger partial charge in [0.05, 0.1) is 5.56 Å². The maximum atomic E-state index is 12.0. The molecule has 0 fully saturated rings. The molecule has 0 unspecified atom stereocenters. The maximum Gasteiger partial charge on any atom is 0.259 e. The molecule has 0 aromatic heterocycles. The van der Waals surface area contributed by atoms with E-state index in [9.17, 15) is 9.90 Å². The van der Waals surface area contributed by atoms with Crippen LogP contribution in [0.4, 0.5) is 5.69 Å². The number of para-hydroxylation sites is 1. The molecule has 0 saturated carbocycles. The smallest absolute Gasteiger partial charge is 0.259 e. The molecule has 0 aliphatic carbocycles. The van der Waals surface area contributed by atoms with Gasteiger partial charge in [0.25, 0.3) is 5.91 Å². The third-order valence-electron chi connectivity index (χ3n) is 2.58. The Morgan fingerprint density at radius 3 is 2.50 bits per heavy atom. The Labute approximate surface area is 119 Å². The summed E-state index contributed by atoms with van der Waals surface area (Å²) in [7, 11) is 0. The predicted molar refractivity (Wildman–Crippen MR) is 80.0 cm³/mol. The summed E-state index contributed by atoms with van der Waals surface area (Å²) in [6, 6.07) is 12.6. The van der Waals surface area contributed by atoms with Crippen LogP contribution in [0.1, 0.15) is 15.9 Å². The van der Waals surface area contributed by atoms with Crippen LogP contribution in [0.15, 0.2) is 42.5 Å². The van der Waals surface area contributed by atoms with Crippen molar-refractivity contribution in [3.8, 4) is 5.75 Å². The molecule has 3 nitrogen and oxygen atoms in total. The third-order valence-corrected chi connectivity index (χ3v) is 3.30. The van der Waals surface area contributed by atoms with E-state index >= 15 is 0 Å². The lowest BCUT2D eigenvalue weighted by atomic mass is 10.1. The average molecular weight is 353 g/mol. The molecule has 0 aliphatic heterocycles. The van der Waals surface area contributed by atoms with Crippen LogP contribution in [-0.4, -0.2) is 11.0 Å². The predicted octanol–water partition coefficient (Wildman–Crippen LogP) is 3.56. The van der Waals surface area contributed by atoms with Gasteiger partial charge in [0.2, 0.25) is 0 Å². The van der Waals surface area contributed by atoms with E-state index in [0.29, 0.717) is 11.3 Å².